The summed E-state index contributed by atoms with van der Waals surface area (Å²) in [7, 11) is 0. The van der Waals surface area contributed by atoms with Gasteiger partial charge in [-0.2, -0.15) is 0 Å². The normalized spacial score (nSPS) is 17.8. The van der Waals surface area contributed by atoms with Gasteiger partial charge in [0.05, 0.1) is 11.7 Å². The summed E-state index contributed by atoms with van der Waals surface area (Å²) in [6.45, 7) is 12.1. The van der Waals surface area contributed by atoms with Crippen molar-refractivity contribution in [1.82, 2.24) is 9.80 Å². The molecule has 2 fully saturated rings. The molecule has 4 rings (SSSR count). The number of likely N-dealkylation sites (tertiary alicyclic amines) is 2. The third-order valence-electron chi connectivity index (χ3n) is 7.41. The lowest BCUT2D eigenvalue weighted by Crippen LogP contribution is -2.48. The first kappa shape index (κ1) is 24.3. The van der Waals surface area contributed by atoms with Gasteiger partial charge in [0.25, 0.3) is 5.91 Å². The number of nitrogen functional groups attached to an aromatic ring is 1. The lowest BCUT2D eigenvalue weighted by Gasteiger charge is -2.41. The van der Waals surface area contributed by atoms with Gasteiger partial charge in [0.1, 0.15) is 5.75 Å². The lowest BCUT2D eigenvalue weighted by atomic mass is 9.92. The average Bonchev–Trinajstić information content (AvgIpc) is 2.85. The van der Waals surface area contributed by atoms with E-state index in [0.29, 0.717) is 17.3 Å². The molecule has 0 spiro atoms. The summed E-state index contributed by atoms with van der Waals surface area (Å²) in [5.74, 6) is 1.00. The van der Waals surface area contributed by atoms with Crippen LogP contribution in [-0.4, -0.2) is 54.0 Å². The molecule has 182 valence electrons. The van der Waals surface area contributed by atoms with Crippen molar-refractivity contribution in [3.8, 4) is 5.75 Å². The number of anilines is 1. The minimum absolute atomic E-state index is 0.0731. The fourth-order valence-corrected chi connectivity index (χ4v) is 5.27. The first-order chi connectivity index (χ1) is 16.3. The van der Waals surface area contributed by atoms with Crippen LogP contribution in [0.15, 0.2) is 48.0 Å². The molecular formula is C29H39N3O2. The number of amides is 1. The van der Waals surface area contributed by atoms with Crippen LogP contribution >= 0.6 is 0 Å². The molecule has 5 nitrogen and oxygen atoms in total. The number of aryl methyl sites for hydroxylation is 1. The number of ether oxygens (including phenoxy) is 1. The van der Waals surface area contributed by atoms with Crippen molar-refractivity contribution < 1.29 is 9.53 Å². The van der Waals surface area contributed by atoms with Gasteiger partial charge in [-0.15, -0.1) is 0 Å². The molecule has 2 heterocycles. The number of carbonyl (C=O) groups is 1. The zero-order valence-corrected chi connectivity index (χ0v) is 21.1. The average molecular weight is 462 g/mol. The van der Waals surface area contributed by atoms with Crippen LogP contribution in [0.1, 0.15) is 67.9 Å². The summed E-state index contributed by atoms with van der Waals surface area (Å²) in [4.78, 5) is 17.6. The van der Waals surface area contributed by atoms with E-state index >= 15 is 0 Å². The van der Waals surface area contributed by atoms with Crippen molar-refractivity contribution in [2.75, 3.05) is 31.9 Å². The molecule has 2 aromatic carbocycles. The van der Waals surface area contributed by atoms with Gasteiger partial charge in [-0.05, 0) is 88.3 Å². The Morgan fingerprint density at radius 1 is 1.00 bits per heavy atom. The highest BCUT2D eigenvalue weighted by Crippen LogP contribution is 2.30. The highest BCUT2D eigenvalue weighted by molar-refractivity contribution is 5.99. The maximum atomic E-state index is 13.0. The number of nitrogens with zero attached hydrogens (tertiary/aromatic N) is 2. The monoisotopic (exact) mass is 461 g/mol. The Hall–Kier alpha value is -2.79. The summed E-state index contributed by atoms with van der Waals surface area (Å²) in [6.07, 6.45) is 4.50. The molecule has 0 bridgehead atoms. The molecule has 34 heavy (non-hydrogen) atoms. The van der Waals surface area contributed by atoms with Gasteiger partial charge in [0.2, 0.25) is 0 Å². The van der Waals surface area contributed by atoms with Crippen LogP contribution in [0.4, 0.5) is 5.69 Å². The number of carbonyl (C=O) groups excluding carboxylic acids is 1. The summed E-state index contributed by atoms with van der Waals surface area (Å²) < 4.78 is 5.78. The van der Waals surface area contributed by atoms with Gasteiger partial charge >= 0.3 is 0 Å². The second kappa shape index (κ2) is 10.6. The van der Waals surface area contributed by atoms with E-state index in [0.717, 1.165) is 63.2 Å². The molecule has 2 saturated heterocycles. The quantitative estimate of drug-likeness (QED) is 0.594. The smallest absolute Gasteiger partial charge is 0.255 e. The highest BCUT2D eigenvalue weighted by atomic mass is 16.5. The number of hydrogen-bond donors (Lipinski definition) is 1. The summed E-state index contributed by atoms with van der Waals surface area (Å²) in [5.41, 5.74) is 12.7. The molecule has 0 atom stereocenters. The Kier molecular flexibility index (Phi) is 7.62. The van der Waals surface area contributed by atoms with E-state index in [1.807, 2.05) is 30.0 Å². The largest absolute Gasteiger partial charge is 0.491 e. The van der Waals surface area contributed by atoms with E-state index in [9.17, 15) is 4.79 Å². The summed E-state index contributed by atoms with van der Waals surface area (Å²) in [5, 5.41) is 0. The van der Waals surface area contributed by atoms with Crippen molar-refractivity contribution >= 4 is 17.2 Å². The summed E-state index contributed by atoms with van der Waals surface area (Å²) >= 11 is 0. The third kappa shape index (κ3) is 5.47. The SMILES string of the molecule is CC(=C1CCN(C2CCN(C(=O)c3cccc(C)c3N)CC2)CC1)c1ccc(OC(C)C)cc1. The first-order valence-corrected chi connectivity index (χ1v) is 12.7. The maximum absolute atomic E-state index is 13.0. The Morgan fingerprint density at radius 2 is 1.65 bits per heavy atom. The fourth-order valence-electron chi connectivity index (χ4n) is 5.27. The predicted molar refractivity (Wildman–Crippen MR) is 140 cm³/mol. The Balaban J connectivity index is 1.30. The second-order valence-corrected chi connectivity index (χ2v) is 10.0. The van der Waals surface area contributed by atoms with Gasteiger partial charge in [-0.3, -0.25) is 9.69 Å². The van der Waals surface area contributed by atoms with Crippen LogP contribution in [0.2, 0.25) is 0 Å². The standard InChI is InChI=1S/C29H39N3O2/c1-20(2)34-26-10-8-23(9-11-26)22(4)24-12-16-31(17-13-24)25-14-18-32(19-15-25)29(33)27-7-5-6-21(3)28(27)30/h5-11,20,25H,12-19,30H2,1-4H3. The van der Waals surface area contributed by atoms with Gasteiger partial charge in [-0.1, -0.05) is 29.8 Å². The van der Waals surface area contributed by atoms with E-state index in [-0.39, 0.29) is 12.0 Å². The zero-order valence-electron chi connectivity index (χ0n) is 21.1. The van der Waals surface area contributed by atoms with Crippen LogP contribution in [-0.2, 0) is 0 Å². The number of hydrogen-bond acceptors (Lipinski definition) is 4. The maximum Gasteiger partial charge on any atom is 0.255 e. The predicted octanol–water partition coefficient (Wildman–Crippen LogP) is 5.54. The van der Waals surface area contributed by atoms with Crippen LogP contribution in [0.3, 0.4) is 0 Å². The van der Waals surface area contributed by atoms with Gasteiger partial charge in [0, 0.05) is 37.9 Å². The molecule has 2 aliphatic heterocycles. The minimum atomic E-state index is 0.0731. The second-order valence-electron chi connectivity index (χ2n) is 10.0. The van der Waals surface area contributed by atoms with Crippen molar-refractivity contribution in [2.24, 2.45) is 0 Å². The van der Waals surface area contributed by atoms with E-state index in [4.69, 9.17) is 10.5 Å². The Labute approximate surface area is 204 Å². The summed E-state index contributed by atoms with van der Waals surface area (Å²) in [6, 6.07) is 14.8. The van der Waals surface area contributed by atoms with E-state index < -0.39 is 0 Å². The molecule has 0 radical (unpaired) electrons. The van der Waals surface area contributed by atoms with Crippen molar-refractivity contribution in [3.63, 3.8) is 0 Å². The molecule has 0 saturated carbocycles. The van der Waals surface area contributed by atoms with Gasteiger partial charge in [-0.25, -0.2) is 0 Å². The molecule has 0 unspecified atom stereocenters. The van der Waals surface area contributed by atoms with Crippen LogP contribution in [0, 0.1) is 6.92 Å². The van der Waals surface area contributed by atoms with Crippen LogP contribution < -0.4 is 10.5 Å². The Bertz CT molecular complexity index is 1020. The molecule has 2 aromatic rings. The zero-order chi connectivity index (χ0) is 24.2. The van der Waals surface area contributed by atoms with E-state index in [2.05, 4.69) is 49.9 Å². The number of benzene rings is 2. The van der Waals surface area contributed by atoms with Crippen molar-refractivity contribution in [2.45, 2.75) is 65.5 Å². The van der Waals surface area contributed by atoms with Crippen molar-refractivity contribution in [3.05, 3.63) is 64.7 Å². The van der Waals surface area contributed by atoms with E-state index in [1.54, 1.807) is 5.57 Å². The molecule has 0 aliphatic carbocycles. The molecule has 1 amide bonds. The Morgan fingerprint density at radius 3 is 2.26 bits per heavy atom. The van der Waals surface area contributed by atoms with Crippen molar-refractivity contribution in [1.29, 1.82) is 0 Å². The van der Waals surface area contributed by atoms with Gasteiger partial charge in [0.15, 0.2) is 0 Å². The molecule has 5 heteroatoms. The highest BCUT2D eigenvalue weighted by Gasteiger charge is 2.29. The van der Waals surface area contributed by atoms with E-state index in [1.165, 1.54) is 11.1 Å². The molecular weight excluding hydrogens is 422 g/mol. The van der Waals surface area contributed by atoms with Crippen LogP contribution in [0.5, 0.6) is 5.75 Å². The lowest BCUT2D eigenvalue weighted by molar-refractivity contribution is 0.0609. The third-order valence-corrected chi connectivity index (χ3v) is 7.41. The topological polar surface area (TPSA) is 58.8 Å². The molecule has 0 aromatic heterocycles. The number of allylic oxidation sites excluding steroid dienone is 1. The fraction of sp³-hybridized carbons (Fsp3) is 0.483. The number of piperidine rings is 2. The van der Waals surface area contributed by atoms with Gasteiger partial charge < -0.3 is 15.4 Å². The van der Waals surface area contributed by atoms with Crippen LogP contribution in [0.25, 0.3) is 5.57 Å². The number of para-hydroxylation sites is 1. The molecule has 2 aliphatic rings. The number of nitrogens with two attached hydrogens (primary N) is 1. The molecule has 2 N–H and O–H groups in total. The minimum Gasteiger partial charge on any atom is -0.491 e. The first-order valence-electron chi connectivity index (χ1n) is 12.7. The number of rotatable bonds is 5.